The van der Waals surface area contributed by atoms with Crippen molar-refractivity contribution >= 4 is 0 Å². The van der Waals surface area contributed by atoms with Crippen molar-refractivity contribution < 1.29 is 9.94 Å². The van der Waals surface area contributed by atoms with Gasteiger partial charge in [0.15, 0.2) is 0 Å². The smallest absolute Gasteiger partial charge is 0.107 e. The summed E-state index contributed by atoms with van der Waals surface area (Å²) in [5.74, 6) is 0. The average molecular weight is 207 g/mol. The Labute approximate surface area is 90.2 Å². The van der Waals surface area contributed by atoms with Crippen molar-refractivity contribution in [3.8, 4) is 0 Å². The van der Waals surface area contributed by atoms with Crippen LogP contribution in [-0.4, -0.2) is 29.4 Å². The third-order valence-corrected chi connectivity index (χ3v) is 2.92. The Bertz CT molecular complexity index is 313. The van der Waals surface area contributed by atoms with Crippen LogP contribution in [0.25, 0.3) is 0 Å². The van der Waals surface area contributed by atoms with Gasteiger partial charge >= 0.3 is 0 Å². The third-order valence-electron chi connectivity index (χ3n) is 2.92. The third kappa shape index (κ3) is 2.20. The largest absolute Gasteiger partial charge is 0.391 e. The zero-order valence-corrected chi connectivity index (χ0v) is 9.13. The van der Waals surface area contributed by atoms with Gasteiger partial charge in [-0.25, -0.2) is 0 Å². The second-order valence-corrected chi connectivity index (χ2v) is 4.09. The van der Waals surface area contributed by atoms with Crippen molar-refractivity contribution in [2.24, 2.45) is 0 Å². The van der Waals surface area contributed by atoms with Crippen LogP contribution < -0.4 is 0 Å². The molecule has 0 spiro atoms. The minimum Gasteiger partial charge on any atom is -0.391 e. The van der Waals surface area contributed by atoms with Crippen LogP contribution in [0.5, 0.6) is 0 Å². The van der Waals surface area contributed by atoms with Gasteiger partial charge in [0, 0.05) is 13.5 Å². The molecule has 1 fully saturated rings. The fraction of sp³-hybridized carbons (Fsp3) is 0.500. The monoisotopic (exact) mass is 207 g/mol. The molecule has 0 aromatic heterocycles. The van der Waals surface area contributed by atoms with Crippen LogP contribution in [0.3, 0.4) is 0 Å². The lowest BCUT2D eigenvalue weighted by atomic mass is 10.0. The normalized spacial score (nSPS) is 29.3. The van der Waals surface area contributed by atoms with Crippen LogP contribution in [0, 0.1) is 0 Å². The minimum atomic E-state index is -0.416. The summed E-state index contributed by atoms with van der Waals surface area (Å²) in [6, 6.07) is 10.5. The number of nitrogens with zero attached hydrogens (tertiary/aromatic N) is 1. The molecule has 0 amide bonds. The average Bonchev–Trinajstić information content (AvgIpc) is 2.62. The Hall–Kier alpha value is -0.900. The Morgan fingerprint density at radius 3 is 2.60 bits per heavy atom. The van der Waals surface area contributed by atoms with E-state index in [0.717, 1.165) is 6.42 Å². The number of benzene rings is 1. The molecule has 1 heterocycles. The van der Waals surface area contributed by atoms with Crippen LogP contribution in [0.1, 0.15) is 24.9 Å². The first-order valence-electron chi connectivity index (χ1n) is 5.31. The van der Waals surface area contributed by atoms with Gasteiger partial charge in [0.05, 0.1) is 12.1 Å². The Kier molecular flexibility index (Phi) is 3.05. The number of rotatable bonds is 2. The van der Waals surface area contributed by atoms with Gasteiger partial charge in [-0.15, -0.1) is 0 Å². The van der Waals surface area contributed by atoms with Crippen LogP contribution in [0.4, 0.5) is 0 Å². The van der Waals surface area contributed by atoms with E-state index in [1.807, 2.05) is 30.3 Å². The van der Waals surface area contributed by atoms with Crippen LogP contribution >= 0.6 is 0 Å². The number of hydroxylamine groups is 2. The highest BCUT2D eigenvalue weighted by atomic mass is 16.7. The molecule has 3 atom stereocenters. The zero-order chi connectivity index (χ0) is 10.8. The lowest BCUT2D eigenvalue weighted by Crippen LogP contribution is -2.23. The van der Waals surface area contributed by atoms with Gasteiger partial charge in [-0.1, -0.05) is 30.3 Å². The molecule has 1 aromatic rings. The standard InChI is InChI=1S/C12H17NO2/c1-9(14)12-8-11(13(2)15-12)10-6-4-3-5-7-10/h3-7,9,11-12,14H,8H2,1-2H3. The van der Waals surface area contributed by atoms with E-state index < -0.39 is 6.10 Å². The molecule has 3 unspecified atom stereocenters. The quantitative estimate of drug-likeness (QED) is 0.802. The van der Waals surface area contributed by atoms with Gasteiger partial charge in [-0.3, -0.25) is 4.84 Å². The number of aliphatic hydroxyl groups is 1. The van der Waals surface area contributed by atoms with Gasteiger partial charge in [0.2, 0.25) is 0 Å². The summed E-state index contributed by atoms with van der Waals surface area (Å²) < 4.78 is 0. The number of aliphatic hydroxyl groups excluding tert-OH is 1. The Morgan fingerprint density at radius 1 is 1.40 bits per heavy atom. The molecule has 1 aliphatic heterocycles. The van der Waals surface area contributed by atoms with Gasteiger partial charge in [-0.05, 0) is 12.5 Å². The fourth-order valence-electron chi connectivity index (χ4n) is 2.00. The van der Waals surface area contributed by atoms with Gasteiger partial charge in [0.1, 0.15) is 6.10 Å². The van der Waals surface area contributed by atoms with Crippen LogP contribution in [0.15, 0.2) is 30.3 Å². The van der Waals surface area contributed by atoms with Crippen LogP contribution in [-0.2, 0) is 4.84 Å². The topological polar surface area (TPSA) is 32.7 Å². The predicted molar refractivity (Wildman–Crippen MR) is 58.1 cm³/mol. The van der Waals surface area contributed by atoms with E-state index in [0.29, 0.717) is 0 Å². The fourth-order valence-corrected chi connectivity index (χ4v) is 2.00. The van der Waals surface area contributed by atoms with E-state index in [4.69, 9.17) is 4.84 Å². The summed E-state index contributed by atoms with van der Waals surface area (Å²) in [6.07, 6.45) is 0.347. The maximum absolute atomic E-state index is 9.48. The molecule has 82 valence electrons. The highest BCUT2D eigenvalue weighted by Crippen LogP contribution is 2.33. The van der Waals surface area contributed by atoms with Crippen molar-refractivity contribution in [1.82, 2.24) is 5.06 Å². The molecular formula is C12H17NO2. The lowest BCUT2D eigenvalue weighted by molar-refractivity contribution is -0.167. The highest BCUT2D eigenvalue weighted by Gasteiger charge is 2.34. The lowest BCUT2D eigenvalue weighted by Gasteiger charge is -2.17. The number of hydrogen-bond acceptors (Lipinski definition) is 3. The molecule has 1 aromatic carbocycles. The summed E-state index contributed by atoms with van der Waals surface area (Å²) in [6.45, 7) is 1.77. The summed E-state index contributed by atoms with van der Waals surface area (Å²) in [4.78, 5) is 5.57. The molecule has 0 radical (unpaired) electrons. The van der Waals surface area contributed by atoms with Gasteiger partial charge < -0.3 is 5.11 Å². The van der Waals surface area contributed by atoms with Gasteiger partial charge in [0.25, 0.3) is 0 Å². The van der Waals surface area contributed by atoms with Crippen molar-refractivity contribution in [2.45, 2.75) is 31.6 Å². The van der Waals surface area contributed by atoms with Crippen molar-refractivity contribution in [1.29, 1.82) is 0 Å². The number of hydrogen-bond donors (Lipinski definition) is 1. The first-order valence-corrected chi connectivity index (χ1v) is 5.31. The maximum atomic E-state index is 9.48. The van der Waals surface area contributed by atoms with Crippen LogP contribution in [0.2, 0.25) is 0 Å². The van der Waals surface area contributed by atoms with E-state index in [1.54, 1.807) is 6.92 Å². The van der Waals surface area contributed by atoms with Crippen molar-refractivity contribution in [3.63, 3.8) is 0 Å². The van der Waals surface area contributed by atoms with E-state index in [9.17, 15) is 5.11 Å². The molecule has 2 rings (SSSR count). The molecule has 0 saturated carbocycles. The van der Waals surface area contributed by atoms with Crippen molar-refractivity contribution in [3.05, 3.63) is 35.9 Å². The van der Waals surface area contributed by atoms with Crippen molar-refractivity contribution in [2.75, 3.05) is 7.05 Å². The minimum absolute atomic E-state index is 0.0831. The Morgan fingerprint density at radius 2 is 2.07 bits per heavy atom. The second kappa shape index (κ2) is 4.31. The van der Waals surface area contributed by atoms with E-state index in [2.05, 4.69) is 12.1 Å². The molecule has 1 N–H and O–H groups in total. The summed E-state index contributed by atoms with van der Waals surface area (Å²) in [7, 11) is 1.92. The predicted octanol–water partition coefficient (Wildman–Crippen LogP) is 1.74. The molecule has 15 heavy (non-hydrogen) atoms. The molecular weight excluding hydrogens is 190 g/mol. The van der Waals surface area contributed by atoms with E-state index in [-0.39, 0.29) is 12.1 Å². The zero-order valence-electron chi connectivity index (χ0n) is 9.13. The maximum Gasteiger partial charge on any atom is 0.107 e. The first-order chi connectivity index (χ1) is 7.18. The van der Waals surface area contributed by atoms with E-state index in [1.165, 1.54) is 5.56 Å². The summed E-state index contributed by atoms with van der Waals surface area (Å²) in [5, 5.41) is 11.3. The summed E-state index contributed by atoms with van der Waals surface area (Å²) in [5.41, 5.74) is 1.24. The molecule has 3 nitrogen and oxygen atoms in total. The first kappa shape index (κ1) is 10.6. The summed E-state index contributed by atoms with van der Waals surface area (Å²) >= 11 is 0. The molecule has 0 bridgehead atoms. The molecule has 0 aliphatic carbocycles. The Balaban J connectivity index is 2.12. The molecule has 1 saturated heterocycles. The molecule has 1 aliphatic rings. The van der Waals surface area contributed by atoms with E-state index >= 15 is 0 Å². The SMILES string of the molecule is CC(O)C1CC(c2ccccc2)N(C)O1. The highest BCUT2D eigenvalue weighted by molar-refractivity contribution is 5.19. The van der Waals surface area contributed by atoms with Gasteiger partial charge in [-0.2, -0.15) is 5.06 Å². The molecule has 3 heteroatoms. The second-order valence-electron chi connectivity index (χ2n) is 4.09.